The Bertz CT molecular complexity index is 184. The van der Waals surface area contributed by atoms with Gasteiger partial charge in [-0.1, -0.05) is 18.2 Å². The van der Waals surface area contributed by atoms with Gasteiger partial charge in [0.2, 0.25) is 9.04 Å². The van der Waals surface area contributed by atoms with Crippen LogP contribution in [0.3, 0.4) is 0 Å². The molecule has 0 heterocycles. The van der Waals surface area contributed by atoms with Crippen LogP contribution in [0.4, 0.5) is 0 Å². The molecule has 0 unspecified atom stereocenters. The van der Waals surface area contributed by atoms with E-state index >= 15 is 0 Å². The molecule has 0 aliphatic heterocycles. The number of hydrogen-bond acceptors (Lipinski definition) is 1. The van der Waals surface area contributed by atoms with Crippen molar-refractivity contribution in [2.45, 2.75) is 13.1 Å². The third kappa shape index (κ3) is 2.23. The summed E-state index contributed by atoms with van der Waals surface area (Å²) in [6, 6.07) is 9.97. The maximum absolute atomic E-state index is 5.55. The zero-order valence-corrected chi connectivity index (χ0v) is 7.53. The molecule has 0 saturated carbocycles. The maximum Gasteiger partial charge on any atom is 0.229 e. The van der Waals surface area contributed by atoms with Crippen LogP contribution in [0.25, 0.3) is 0 Å². The smallest absolute Gasteiger partial charge is 0.229 e. The number of hydrogen-bond donors (Lipinski definition) is 0. The molecule has 54 valence electrons. The van der Waals surface area contributed by atoms with Crippen LogP contribution in [-0.2, 0) is 0 Å². The van der Waals surface area contributed by atoms with Gasteiger partial charge >= 0.3 is 0 Å². The molecule has 0 saturated heterocycles. The minimum atomic E-state index is -0.897. The molecule has 1 nitrogen and oxygen atoms in total. The Morgan fingerprint density at radius 1 is 1.10 bits per heavy atom. The molecule has 0 aromatic heterocycles. The summed E-state index contributed by atoms with van der Waals surface area (Å²) in [5, 5.41) is 0. The van der Waals surface area contributed by atoms with Gasteiger partial charge in [-0.25, -0.2) is 0 Å². The Morgan fingerprint density at radius 2 is 1.70 bits per heavy atom. The van der Waals surface area contributed by atoms with Gasteiger partial charge in [0.15, 0.2) is 0 Å². The van der Waals surface area contributed by atoms with Crippen molar-refractivity contribution in [2.75, 3.05) is 0 Å². The summed E-state index contributed by atoms with van der Waals surface area (Å²) in [7, 11) is -0.897. The van der Waals surface area contributed by atoms with Gasteiger partial charge in [0.25, 0.3) is 0 Å². The molecule has 0 N–H and O–H groups in total. The van der Waals surface area contributed by atoms with E-state index in [1.807, 2.05) is 30.3 Å². The minimum absolute atomic E-state index is 0.897. The maximum atomic E-state index is 5.55. The first kappa shape index (κ1) is 7.35. The van der Waals surface area contributed by atoms with Crippen molar-refractivity contribution in [2.24, 2.45) is 0 Å². The molecular formula is C8H12OSi. The second kappa shape index (κ2) is 3.42. The predicted octanol–water partition coefficient (Wildman–Crippen LogP) is 2.05. The van der Waals surface area contributed by atoms with Crippen molar-refractivity contribution in [3.63, 3.8) is 0 Å². The highest BCUT2D eigenvalue weighted by Gasteiger charge is 1.95. The second-order valence-corrected chi connectivity index (χ2v) is 4.81. The summed E-state index contributed by atoms with van der Waals surface area (Å²) < 4.78 is 5.55. The van der Waals surface area contributed by atoms with E-state index in [0.29, 0.717) is 0 Å². The number of benzene rings is 1. The first-order valence-corrected chi connectivity index (χ1v) is 6.29. The normalized spacial score (nSPS) is 9.90. The Morgan fingerprint density at radius 3 is 2.20 bits per heavy atom. The molecule has 1 rings (SSSR count). The van der Waals surface area contributed by atoms with E-state index in [0.717, 1.165) is 5.75 Å². The van der Waals surface area contributed by atoms with Crippen molar-refractivity contribution in [1.29, 1.82) is 0 Å². The molecule has 1 aromatic rings. The van der Waals surface area contributed by atoms with Crippen molar-refractivity contribution < 1.29 is 4.43 Å². The summed E-state index contributed by atoms with van der Waals surface area (Å²) in [5.74, 6) is 1.00. The third-order valence-electron chi connectivity index (χ3n) is 1.11. The number of para-hydroxylation sites is 1. The highest BCUT2D eigenvalue weighted by molar-refractivity contribution is 6.49. The topological polar surface area (TPSA) is 9.23 Å². The van der Waals surface area contributed by atoms with E-state index < -0.39 is 9.04 Å². The molecule has 0 aliphatic carbocycles. The molecule has 0 atom stereocenters. The molecule has 0 aliphatic rings. The lowest BCUT2D eigenvalue weighted by Crippen LogP contribution is -2.10. The molecule has 0 spiro atoms. The minimum Gasteiger partial charge on any atom is -0.547 e. The van der Waals surface area contributed by atoms with Gasteiger partial charge in [-0.05, 0) is 25.2 Å². The van der Waals surface area contributed by atoms with Crippen LogP contribution in [0.15, 0.2) is 30.3 Å². The van der Waals surface area contributed by atoms with Crippen LogP contribution >= 0.6 is 0 Å². The van der Waals surface area contributed by atoms with E-state index in [2.05, 4.69) is 13.1 Å². The van der Waals surface area contributed by atoms with Gasteiger partial charge in [0.05, 0.1) is 0 Å². The van der Waals surface area contributed by atoms with E-state index in [1.54, 1.807) is 0 Å². The zero-order chi connectivity index (χ0) is 7.40. The van der Waals surface area contributed by atoms with Crippen molar-refractivity contribution in [3.8, 4) is 5.75 Å². The first-order chi connectivity index (χ1) is 4.79. The molecule has 1 aromatic carbocycles. The average Bonchev–Trinajstić information content (AvgIpc) is 1.88. The monoisotopic (exact) mass is 152 g/mol. The summed E-state index contributed by atoms with van der Waals surface area (Å²) in [6.07, 6.45) is 0. The predicted molar refractivity (Wildman–Crippen MR) is 45.9 cm³/mol. The van der Waals surface area contributed by atoms with Crippen LogP contribution in [0.1, 0.15) is 0 Å². The van der Waals surface area contributed by atoms with Gasteiger partial charge in [-0.2, -0.15) is 0 Å². The Kier molecular flexibility index (Phi) is 2.51. The van der Waals surface area contributed by atoms with Crippen molar-refractivity contribution in [3.05, 3.63) is 30.3 Å². The molecule has 0 fully saturated rings. The van der Waals surface area contributed by atoms with Gasteiger partial charge < -0.3 is 4.43 Å². The highest BCUT2D eigenvalue weighted by atomic mass is 28.3. The zero-order valence-electron chi connectivity index (χ0n) is 6.37. The SMILES string of the molecule is C[SiH](C)Oc1ccccc1. The Hall–Kier alpha value is -0.763. The van der Waals surface area contributed by atoms with Crippen LogP contribution in [0.5, 0.6) is 5.75 Å². The number of rotatable bonds is 2. The second-order valence-electron chi connectivity index (χ2n) is 2.48. The first-order valence-electron chi connectivity index (χ1n) is 3.51. The van der Waals surface area contributed by atoms with Crippen LogP contribution in [-0.4, -0.2) is 9.04 Å². The van der Waals surface area contributed by atoms with E-state index in [9.17, 15) is 0 Å². The van der Waals surface area contributed by atoms with Crippen molar-refractivity contribution in [1.82, 2.24) is 0 Å². The highest BCUT2D eigenvalue weighted by Crippen LogP contribution is 2.08. The summed E-state index contributed by atoms with van der Waals surface area (Å²) in [6.45, 7) is 4.32. The molecule has 10 heavy (non-hydrogen) atoms. The summed E-state index contributed by atoms with van der Waals surface area (Å²) >= 11 is 0. The molecule has 0 bridgehead atoms. The fourth-order valence-corrected chi connectivity index (χ4v) is 1.47. The van der Waals surface area contributed by atoms with Gasteiger partial charge in [0, 0.05) is 0 Å². The van der Waals surface area contributed by atoms with Crippen LogP contribution in [0, 0.1) is 0 Å². The Balaban J connectivity index is 2.59. The lowest BCUT2D eigenvalue weighted by Gasteiger charge is -2.07. The van der Waals surface area contributed by atoms with E-state index in [4.69, 9.17) is 4.43 Å². The standard InChI is InChI=1S/C8H12OSi/c1-10(2)9-8-6-4-3-5-7-8/h3-7,10H,1-2H3. The van der Waals surface area contributed by atoms with E-state index in [1.165, 1.54) is 0 Å². The summed E-state index contributed by atoms with van der Waals surface area (Å²) in [4.78, 5) is 0. The van der Waals surface area contributed by atoms with Crippen LogP contribution in [0.2, 0.25) is 13.1 Å². The quantitative estimate of drug-likeness (QED) is 0.589. The fourth-order valence-electron chi connectivity index (χ4n) is 0.771. The van der Waals surface area contributed by atoms with Gasteiger partial charge in [-0.15, -0.1) is 0 Å². The van der Waals surface area contributed by atoms with Crippen molar-refractivity contribution >= 4 is 9.04 Å². The van der Waals surface area contributed by atoms with Gasteiger partial charge in [-0.3, -0.25) is 0 Å². The third-order valence-corrected chi connectivity index (χ3v) is 1.86. The van der Waals surface area contributed by atoms with Gasteiger partial charge in [0.1, 0.15) is 5.75 Å². The lowest BCUT2D eigenvalue weighted by atomic mass is 10.3. The molecule has 2 heteroatoms. The largest absolute Gasteiger partial charge is 0.547 e. The van der Waals surface area contributed by atoms with Crippen LogP contribution < -0.4 is 4.43 Å². The molecule has 0 radical (unpaired) electrons. The Labute approximate surface area is 63.4 Å². The summed E-state index contributed by atoms with van der Waals surface area (Å²) in [5.41, 5.74) is 0. The average molecular weight is 152 g/mol. The van der Waals surface area contributed by atoms with E-state index in [-0.39, 0.29) is 0 Å². The lowest BCUT2D eigenvalue weighted by molar-refractivity contribution is 0.581. The molecular weight excluding hydrogens is 140 g/mol. The molecule has 0 amide bonds. The fraction of sp³-hybridized carbons (Fsp3) is 0.250.